The van der Waals surface area contributed by atoms with Gasteiger partial charge in [-0.3, -0.25) is 4.98 Å². The van der Waals surface area contributed by atoms with E-state index in [0.717, 1.165) is 23.4 Å². The van der Waals surface area contributed by atoms with Crippen LogP contribution in [0.1, 0.15) is 18.3 Å². The third-order valence-electron chi connectivity index (χ3n) is 2.44. The summed E-state index contributed by atoms with van der Waals surface area (Å²) in [4.78, 5) is 12.4. The quantitative estimate of drug-likeness (QED) is 0.826. The highest BCUT2D eigenvalue weighted by Gasteiger charge is 2.04. The van der Waals surface area contributed by atoms with E-state index in [2.05, 4.69) is 15.0 Å². The fraction of sp³-hybridized carbons (Fsp3) is 0.250. The molecule has 0 saturated carbocycles. The van der Waals surface area contributed by atoms with Crippen LogP contribution in [0.15, 0.2) is 24.4 Å². The fourth-order valence-electron chi connectivity index (χ4n) is 1.52. The Morgan fingerprint density at radius 3 is 2.65 bits per heavy atom. The molecule has 5 nitrogen and oxygen atoms in total. The minimum atomic E-state index is -0.0631. The lowest BCUT2D eigenvalue weighted by atomic mass is 10.1. The summed E-state index contributed by atoms with van der Waals surface area (Å²) in [5, 5.41) is 8.92. The number of aliphatic hydroxyl groups excluding tert-OH is 1. The maximum atomic E-state index is 8.92. The van der Waals surface area contributed by atoms with Gasteiger partial charge in [0.2, 0.25) is 5.95 Å². The van der Waals surface area contributed by atoms with Crippen molar-refractivity contribution in [2.75, 3.05) is 5.73 Å². The van der Waals surface area contributed by atoms with E-state index in [0.29, 0.717) is 5.69 Å². The minimum absolute atomic E-state index is 0.0631. The number of aryl methyl sites for hydroxylation is 1. The summed E-state index contributed by atoms with van der Waals surface area (Å²) in [5.41, 5.74) is 8.80. The van der Waals surface area contributed by atoms with Crippen molar-refractivity contribution in [1.29, 1.82) is 0 Å². The second-order valence-corrected chi connectivity index (χ2v) is 3.65. The van der Waals surface area contributed by atoms with Gasteiger partial charge in [0.15, 0.2) is 0 Å². The maximum Gasteiger partial charge on any atom is 0.220 e. The number of nitrogens with two attached hydrogens (primary N) is 1. The molecule has 5 heteroatoms. The zero-order chi connectivity index (χ0) is 12.3. The van der Waals surface area contributed by atoms with E-state index in [-0.39, 0.29) is 12.6 Å². The van der Waals surface area contributed by atoms with Gasteiger partial charge in [-0.25, -0.2) is 9.97 Å². The van der Waals surface area contributed by atoms with Gasteiger partial charge in [-0.05, 0) is 24.6 Å². The number of hydrogen-bond donors (Lipinski definition) is 2. The zero-order valence-electron chi connectivity index (χ0n) is 9.59. The topological polar surface area (TPSA) is 84.9 Å². The van der Waals surface area contributed by atoms with Crippen LogP contribution >= 0.6 is 0 Å². The summed E-state index contributed by atoms with van der Waals surface area (Å²) in [6.45, 7) is 1.95. The molecule has 2 aromatic rings. The van der Waals surface area contributed by atoms with Gasteiger partial charge in [-0.2, -0.15) is 0 Å². The van der Waals surface area contributed by atoms with Crippen LogP contribution in [-0.4, -0.2) is 20.1 Å². The third kappa shape index (κ3) is 2.57. The van der Waals surface area contributed by atoms with Crippen LogP contribution in [0.25, 0.3) is 11.3 Å². The molecule has 0 aliphatic rings. The number of nitrogen functional groups attached to an aromatic ring is 1. The molecule has 0 aliphatic heterocycles. The Balaban J connectivity index is 2.41. The van der Waals surface area contributed by atoms with Crippen LogP contribution in [0.2, 0.25) is 0 Å². The monoisotopic (exact) mass is 230 g/mol. The van der Waals surface area contributed by atoms with Gasteiger partial charge < -0.3 is 10.8 Å². The second-order valence-electron chi connectivity index (χ2n) is 3.65. The fourth-order valence-corrected chi connectivity index (χ4v) is 1.52. The number of aromatic nitrogens is 3. The van der Waals surface area contributed by atoms with Crippen molar-refractivity contribution in [3.8, 4) is 11.3 Å². The van der Waals surface area contributed by atoms with Crippen molar-refractivity contribution in [3.05, 3.63) is 35.8 Å². The van der Waals surface area contributed by atoms with Crippen molar-refractivity contribution in [2.45, 2.75) is 20.0 Å². The molecule has 0 fully saturated rings. The number of anilines is 1. The molecule has 0 amide bonds. The molecule has 3 N–H and O–H groups in total. The number of nitrogens with zero attached hydrogens (tertiary/aromatic N) is 3. The van der Waals surface area contributed by atoms with Crippen LogP contribution in [0.4, 0.5) is 5.95 Å². The molecule has 0 aliphatic carbocycles. The normalized spacial score (nSPS) is 10.5. The highest BCUT2D eigenvalue weighted by atomic mass is 16.3. The lowest BCUT2D eigenvalue weighted by molar-refractivity contribution is 0.277. The summed E-state index contributed by atoms with van der Waals surface area (Å²) < 4.78 is 0. The lowest BCUT2D eigenvalue weighted by Gasteiger charge is -2.04. The summed E-state index contributed by atoms with van der Waals surface area (Å²) in [7, 11) is 0. The van der Waals surface area contributed by atoms with Gasteiger partial charge in [-0.1, -0.05) is 6.92 Å². The van der Waals surface area contributed by atoms with E-state index in [1.165, 1.54) is 0 Å². The first-order valence-corrected chi connectivity index (χ1v) is 5.42. The number of rotatable bonds is 3. The van der Waals surface area contributed by atoms with Crippen LogP contribution < -0.4 is 5.73 Å². The van der Waals surface area contributed by atoms with E-state index < -0.39 is 0 Å². The average molecular weight is 230 g/mol. The largest absolute Gasteiger partial charge is 0.390 e. The highest BCUT2D eigenvalue weighted by molar-refractivity contribution is 5.59. The van der Waals surface area contributed by atoms with Crippen molar-refractivity contribution >= 4 is 5.95 Å². The molecule has 0 radical (unpaired) electrons. The van der Waals surface area contributed by atoms with Gasteiger partial charge in [0.05, 0.1) is 18.0 Å². The molecule has 0 atom stereocenters. The molecule has 0 spiro atoms. The van der Waals surface area contributed by atoms with Gasteiger partial charge in [0.25, 0.3) is 0 Å². The Morgan fingerprint density at radius 2 is 2.06 bits per heavy atom. The van der Waals surface area contributed by atoms with Crippen molar-refractivity contribution < 1.29 is 5.11 Å². The molecule has 0 aromatic carbocycles. The van der Waals surface area contributed by atoms with Gasteiger partial charge in [-0.15, -0.1) is 0 Å². The van der Waals surface area contributed by atoms with E-state index in [1.807, 2.05) is 19.1 Å². The molecule has 2 rings (SSSR count). The molecular formula is C12H14N4O. The summed E-state index contributed by atoms with van der Waals surface area (Å²) >= 11 is 0. The Morgan fingerprint density at radius 1 is 1.24 bits per heavy atom. The first-order chi connectivity index (χ1) is 8.22. The zero-order valence-corrected chi connectivity index (χ0v) is 9.59. The Labute approximate surface area is 99.4 Å². The number of pyridine rings is 1. The first-order valence-electron chi connectivity index (χ1n) is 5.42. The Bertz CT molecular complexity index is 510. The molecule has 88 valence electrons. The van der Waals surface area contributed by atoms with Crippen LogP contribution in [0, 0.1) is 0 Å². The summed E-state index contributed by atoms with van der Waals surface area (Å²) in [6, 6.07) is 5.52. The van der Waals surface area contributed by atoms with Crippen molar-refractivity contribution in [3.63, 3.8) is 0 Å². The molecule has 0 unspecified atom stereocenters. The number of aliphatic hydroxyl groups is 1. The van der Waals surface area contributed by atoms with Crippen LogP contribution in [-0.2, 0) is 13.0 Å². The van der Waals surface area contributed by atoms with Gasteiger partial charge in [0, 0.05) is 17.5 Å². The molecule has 17 heavy (non-hydrogen) atoms. The minimum Gasteiger partial charge on any atom is -0.390 e. The second kappa shape index (κ2) is 4.88. The lowest BCUT2D eigenvalue weighted by Crippen LogP contribution is -2.00. The smallest absolute Gasteiger partial charge is 0.220 e. The highest BCUT2D eigenvalue weighted by Crippen LogP contribution is 2.18. The Hall–Kier alpha value is -2.01. The predicted octanol–water partition coefficient (Wildman–Crippen LogP) is 1.18. The standard InChI is InChI=1S/C12H14N4O/c1-2-9-5-11(16-12(13)15-9)8-3-4-10(7-17)14-6-8/h3-6,17H,2,7H2,1H3,(H2,13,15,16). The molecule has 0 bridgehead atoms. The summed E-state index contributed by atoms with van der Waals surface area (Å²) in [6.07, 6.45) is 2.48. The predicted molar refractivity (Wildman–Crippen MR) is 65.0 cm³/mol. The number of hydrogen-bond acceptors (Lipinski definition) is 5. The van der Waals surface area contributed by atoms with Gasteiger partial charge >= 0.3 is 0 Å². The third-order valence-corrected chi connectivity index (χ3v) is 2.44. The van der Waals surface area contributed by atoms with E-state index in [9.17, 15) is 0 Å². The molecule has 2 heterocycles. The molecule has 2 aromatic heterocycles. The summed E-state index contributed by atoms with van der Waals surface area (Å²) in [5.74, 6) is 0.269. The molecular weight excluding hydrogens is 216 g/mol. The molecule has 0 saturated heterocycles. The average Bonchev–Trinajstić information content (AvgIpc) is 2.38. The van der Waals surface area contributed by atoms with E-state index in [1.54, 1.807) is 12.3 Å². The van der Waals surface area contributed by atoms with Gasteiger partial charge in [0.1, 0.15) is 0 Å². The van der Waals surface area contributed by atoms with Crippen molar-refractivity contribution in [1.82, 2.24) is 15.0 Å². The van der Waals surface area contributed by atoms with Crippen LogP contribution in [0.3, 0.4) is 0 Å². The van der Waals surface area contributed by atoms with E-state index >= 15 is 0 Å². The SMILES string of the molecule is CCc1cc(-c2ccc(CO)nc2)nc(N)n1. The van der Waals surface area contributed by atoms with E-state index in [4.69, 9.17) is 10.8 Å². The first kappa shape index (κ1) is 11.5. The van der Waals surface area contributed by atoms with Crippen LogP contribution in [0.5, 0.6) is 0 Å². The van der Waals surface area contributed by atoms with Crippen molar-refractivity contribution in [2.24, 2.45) is 0 Å². The Kier molecular flexibility index (Phi) is 3.30. The maximum absolute atomic E-state index is 8.92.